The van der Waals surface area contributed by atoms with Crippen LogP contribution in [-0.4, -0.2) is 22.4 Å². The first-order chi connectivity index (χ1) is 12.1. The Morgan fingerprint density at radius 2 is 1.92 bits per heavy atom. The van der Waals surface area contributed by atoms with Gasteiger partial charge < -0.3 is 9.47 Å². The minimum atomic E-state index is -0.493. The molecule has 0 radical (unpaired) electrons. The molecule has 0 aliphatic rings. The summed E-state index contributed by atoms with van der Waals surface area (Å²) in [6, 6.07) is 14.2. The van der Waals surface area contributed by atoms with Gasteiger partial charge in [-0.05, 0) is 35.9 Å². The van der Waals surface area contributed by atoms with Crippen molar-refractivity contribution >= 4 is 29.2 Å². The van der Waals surface area contributed by atoms with E-state index in [0.29, 0.717) is 15.8 Å². The van der Waals surface area contributed by atoms with Crippen LogP contribution in [-0.2, 0) is 16.1 Å². The number of hydrogen-bond acceptors (Lipinski definition) is 4. The lowest BCUT2D eigenvalue weighted by Gasteiger charge is -2.09. The molecule has 0 fully saturated rings. The van der Waals surface area contributed by atoms with Crippen LogP contribution in [0.25, 0.3) is 5.69 Å². The lowest BCUT2D eigenvalue weighted by atomic mass is 10.2. The summed E-state index contributed by atoms with van der Waals surface area (Å²) >= 11 is 11.8. The summed E-state index contributed by atoms with van der Waals surface area (Å²) in [5.74, 6) is -0.151. The molecule has 0 N–H and O–H groups in total. The molecule has 0 saturated heterocycles. The van der Waals surface area contributed by atoms with E-state index in [2.05, 4.69) is 5.10 Å². The highest BCUT2D eigenvalue weighted by Gasteiger charge is 2.08. The van der Waals surface area contributed by atoms with Crippen LogP contribution in [0.3, 0.4) is 0 Å². The number of carbonyl (C=O) groups excluding carboxylic acids is 1. The number of halogens is 2. The van der Waals surface area contributed by atoms with Crippen molar-refractivity contribution in [1.82, 2.24) is 9.78 Å². The average molecular weight is 377 g/mol. The second kappa shape index (κ2) is 8.05. The molecule has 0 spiro atoms. The number of ether oxygens (including phenoxy) is 2. The normalized spacial score (nSPS) is 10.5. The van der Waals surface area contributed by atoms with Crippen molar-refractivity contribution in [1.29, 1.82) is 0 Å². The standard InChI is InChI=1S/C18H14Cl2N2O3/c19-14-4-7-16(20)17(10-14)24-12-18(23)25-11-13-2-5-15(6-3-13)22-9-1-8-21-22/h1-10H,11-12H2. The molecule has 25 heavy (non-hydrogen) atoms. The van der Waals surface area contributed by atoms with Crippen LogP contribution in [0.1, 0.15) is 5.56 Å². The number of nitrogens with zero attached hydrogens (tertiary/aromatic N) is 2. The van der Waals surface area contributed by atoms with E-state index in [-0.39, 0.29) is 13.2 Å². The second-order valence-corrected chi connectivity index (χ2v) is 5.98. The van der Waals surface area contributed by atoms with E-state index in [1.54, 1.807) is 29.1 Å². The van der Waals surface area contributed by atoms with E-state index in [0.717, 1.165) is 11.3 Å². The Hall–Kier alpha value is -2.50. The predicted molar refractivity (Wildman–Crippen MR) is 95.3 cm³/mol. The molecule has 1 aromatic heterocycles. The van der Waals surface area contributed by atoms with E-state index >= 15 is 0 Å². The molecule has 7 heteroatoms. The maximum atomic E-state index is 11.8. The fourth-order valence-electron chi connectivity index (χ4n) is 2.10. The van der Waals surface area contributed by atoms with E-state index in [4.69, 9.17) is 32.7 Å². The fraction of sp³-hybridized carbons (Fsp3) is 0.111. The molecule has 0 aliphatic heterocycles. The van der Waals surface area contributed by atoms with Crippen molar-refractivity contribution in [3.63, 3.8) is 0 Å². The van der Waals surface area contributed by atoms with Crippen molar-refractivity contribution < 1.29 is 14.3 Å². The Kier molecular flexibility index (Phi) is 5.58. The van der Waals surface area contributed by atoms with Crippen LogP contribution in [0.4, 0.5) is 0 Å². The third-order valence-electron chi connectivity index (χ3n) is 3.34. The predicted octanol–water partition coefficient (Wildman–Crippen LogP) is 4.30. The van der Waals surface area contributed by atoms with Gasteiger partial charge in [0.2, 0.25) is 0 Å². The largest absolute Gasteiger partial charge is 0.480 e. The fourth-order valence-corrected chi connectivity index (χ4v) is 2.43. The zero-order chi connectivity index (χ0) is 17.6. The van der Waals surface area contributed by atoms with E-state index < -0.39 is 5.97 Å². The van der Waals surface area contributed by atoms with Crippen molar-refractivity contribution in [3.05, 3.63) is 76.5 Å². The van der Waals surface area contributed by atoms with Gasteiger partial charge in [0.25, 0.3) is 0 Å². The van der Waals surface area contributed by atoms with E-state index in [1.165, 1.54) is 0 Å². The molecule has 1 heterocycles. The van der Waals surface area contributed by atoms with Crippen molar-refractivity contribution in [2.45, 2.75) is 6.61 Å². The molecule has 0 bridgehead atoms. The first-order valence-corrected chi connectivity index (χ1v) is 8.20. The number of hydrogen-bond donors (Lipinski definition) is 0. The molecule has 3 rings (SSSR count). The highest BCUT2D eigenvalue weighted by atomic mass is 35.5. The summed E-state index contributed by atoms with van der Waals surface area (Å²) < 4.78 is 12.3. The summed E-state index contributed by atoms with van der Waals surface area (Å²) in [4.78, 5) is 11.8. The van der Waals surface area contributed by atoms with Gasteiger partial charge in [0, 0.05) is 23.5 Å². The third kappa shape index (κ3) is 4.75. The third-order valence-corrected chi connectivity index (χ3v) is 3.89. The van der Waals surface area contributed by atoms with Crippen LogP contribution in [0.15, 0.2) is 60.9 Å². The van der Waals surface area contributed by atoms with E-state index in [9.17, 15) is 4.79 Å². The van der Waals surface area contributed by atoms with Crippen molar-refractivity contribution in [2.24, 2.45) is 0 Å². The van der Waals surface area contributed by atoms with Gasteiger partial charge in [-0.2, -0.15) is 5.10 Å². The van der Waals surface area contributed by atoms with Gasteiger partial charge in [-0.3, -0.25) is 0 Å². The van der Waals surface area contributed by atoms with Gasteiger partial charge in [0.05, 0.1) is 10.7 Å². The van der Waals surface area contributed by atoms with Crippen LogP contribution in [0.2, 0.25) is 10.0 Å². The number of aromatic nitrogens is 2. The SMILES string of the molecule is O=C(COc1cc(Cl)ccc1Cl)OCc1ccc(-n2cccn2)cc1. The second-order valence-electron chi connectivity index (χ2n) is 5.14. The maximum absolute atomic E-state index is 11.8. The number of benzene rings is 2. The Balaban J connectivity index is 1.49. The smallest absolute Gasteiger partial charge is 0.344 e. The minimum absolute atomic E-state index is 0.158. The Labute approximate surface area is 154 Å². The van der Waals surface area contributed by atoms with E-state index in [1.807, 2.05) is 36.5 Å². The molecular formula is C18H14Cl2N2O3. The molecule has 0 amide bonds. The Bertz CT molecular complexity index is 849. The van der Waals surface area contributed by atoms with Crippen molar-refractivity contribution in [3.8, 4) is 11.4 Å². The molecule has 3 aromatic rings. The van der Waals surface area contributed by atoms with Crippen LogP contribution >= 0.6 is 23.2 Å². The molecule has 0 saturated carbocycles. The topological polar surface area (TPSA) is 53.4 Å². The number of carbonyl (C=O) groups is 1. The summed E-state index contributed by atoms with van der Waals surface area (Å²) in [5, 5.41) is 5.01. The van der Waals surface area contributed by atoms with Crippen molar-refractivity contribution in [2.75, 3.05) is 6.61 Å². The van der Waals surface area contributed by atoms with Gasteiger partial charge >= 0.3 is 5.97 Å². The molecule has 128 valence electrons. The molecule has 5 nitrogen and oxygen atoms in total. The van der Waals surface area contributed by atoms with Gasteiger partial charge in [-0.15, -0.1) is 0 Å². The van der Waals surface area contributed by atoms with Gasteiger partial charge in [-0.1, -0.05) is 35.3 Å². The van der Waals surface area contributed by atoms with Crippen LogP contribution < -0.4 is 4.74 Å². The summed E-state index contributed by atoms with van der Waals surface area (Å²) in [6.07, 6.45) is 3.56. The van der Waals surface area contributed by atoms with Gasteiger partial charge in [0.1, 0.15) is 12.4 Å². The molecule has 0 unspecified atom stereocenters. The first kappa shape index (κ1) is 17.3. The molecule has 0 aliphatic carbocycles. The Morgan fingerprint density at radius 3 is 2.64 bits per heavy atom. The number of esters is 1. The number of rotatable bonds is 6. The zero-order valence-electron chi connectivity index (χ0n) is 13.1. The van der Waals surface area contributed by atoms with Gasteiger partial charge in [-0.25, -0.2) is 9.48 Å². The maximum Gasteiger partial charge on any atom is 0.344 e. The lowest BCUT2D eigenvalue weighted by Crippen LogP contribution is -2.15. The summed E-state index contributed by atoms with van der Waals surface area (Å²) in [6.45, 7) is -0.0870. The highest BCUT2D eigenvalue weighted by molar-refractivity contribution is 6.34. The first-order valence-electron chi connectivity index (χ1n) is 7.44. The molecule has 2 aromatic carbocycles. The van der Waals surface area contributed by atoms with Gasteiger partial charge in [0.15, 0.2) is 6.61 Å². The average Bonchev–Trinajstić information content (AvgIpc) is 3.16. The quantitative estimate of drug-likeness (QED) is 0.601. The molecule has 0 atom stereocenters. The summed E-state index contributed by atoms with van der Waals surface area (Å²) in [5.41, 5.74) is 1.80. The molecular weight excluding hydrogens is 363 g/mol. The Morgan fingerprint density at radius 1 is 1.12 bits per heavy atom. The van der Waals surface area contributed by atoms with Crippen LogP contribution in [0, 0.1) is 0 Å². The summed E-state index contributed by atoms with van der Waals surface area (Å²) in [7, 11) is 0. The lowest BCUT2D eigenvalue weighted by molar-refractivity contribution is -0.147. The van der Waals surface area contributed by atoms with Crippen LogP contribution in [0.5, 0.6) is 5.75 Å². The zero-order valence-corrected chi connectivity index (χ0v) is 14.6. The highest BCUT2D eigenvalue weighted by Crippen LogP contribution is 2.27. The monoisotopic (exact) mass is 376 g/mol. The minimum Gasteiger partial charge on any atom is -0.480 e.